The molecule has 0 saturated heterocycles. The van der Waals surface area contributed by atoms with Crippen molar-refractivity contribution in [2.24, 2.45) is 5.84 Å². The van der Waals surface area contributed by atoms with Gasteiger partial charge in [-0.05, 0) is 62.0 Å². The summed E-state index contributed by atoms with van der Waals surface area (Å²) in [4.78, 5) is 0.978. The van der Waals surface area contributed by atoms with Crippen molar-refractivity contribution in [1.82, 2.24) is 5.43 Å². The summed E-state index contributed by atoms with van der Waals surface area (Å²) in [6, 6.07) is 5.20. The number of hydrogen-bond acceptors (Lipinski definition) is 3. The third-order valence-corrected chi connectivity index (χ3v) is 5.94. The highest BCUT2D eigenvalue weighted by Gasteiger charge is 2.16. The van der Waals surface area contributed by atoms with Crippen molar-refractivity contribution in [2.45, 2.75) is 12.5 Å². The minimum atomic E-state index is -0.584. The van der Waals surface area contributed by atoms with Crippen LogP contribution >= 0.6 is 43.2 Å². The molecule has 2 rings (SSSR count). The Bertz CT molecular complexity index is 549. The van der Waals surface area contributed by atoms with Gasteiger partial charge in [-0.25, -0.2) is 8.78 Å². The van der Waals surface area contributed by atoms with Crippen LogP contribution in [-0.2, 0) is 6.42 Å². The lowest BCUT2D eigenvalue weighted by Gasteiger charge is -2.14. The fourth-order valence-corrected chi connectivity index (χ4v) is 3.89. The summed E-state index contributed by atoms with van der Waals surface area (Å²) in [5, 5.41) is 0. The van der Waals surface area contributed by atoms with E-state index in [1.807, 2.05) is 6.07 Å². The number of hydrogen-bond donors (Lipinski definition) is 2. The molecule has 1 aromatic heterocycles. The smallest absolute Gasteiger partial charge is 0.126 e. The number of rotatable bonds is 4. The van der Waals surface area contributed by atoms with E-state index in [0.717, 1.165) is 19.2 Å². The number of thiophene rings is 1. The molecule has 102 valence electrons. The quantitative estimate of drug-likeness (QED) is 0.581. The SMILES string of the molecule is NNC(Cc1cc(F)cc(F)c1)c1cc(Br)c(Br)s1. The van der Waals surface area contributed by atoms with E-state index in [0.29, 0.717) is 12.0 Å². The first-order valence-corrected chi connectivity index (χ1v) is 7.75. The third-order valence-electron chi connectivity index (χ3n) is 2.57. The summed E-state index contributed by atoms with van der Waals surface area (Å²) in [5.74, 6) is 4.36. The maximum absolute atomic E-state index is 13.1. The summed E-state index contributed by atoms with van der Waals surface area (Å²) in [6.07, 6.45) is 0.407. The Hall–Kier alpha value is -0.340. The average Bonchev–Trinajstić information content (AvgIpc) is 2.65. The van der Waals surface area contributed by atoms with Crippen LogP contribution in [0.2, 0.25) is 0 Å². The summed E-state index contributed by atoms with van der Waals surface area (Å²) in [5.41, 5.74) is 3.23. The molecule has 2 nitrogen and oxygen atoms in total. The highest BCUT2D eigenvalue weighted by atomic mass is 79.9. The summed E-state index contributed by atoms with van der Waals surface area (Å²) < 4.78 is 28.2. The molecule has 0 fully saturated rings. The standard InChI is InChI=1S/C12H10Br2F2N2S/c13-9-5-11(19-12(9)14)10(18-17)3-6-1-7(15)4-8(16)2-6/h1-2,4-5,10,18H,3,17H2. The van der Waals surface area contributed by atoms with Crippen LogP contribution in [0.1, 0.15) is 16.5 Å². The Morgan fingerprint density at radius 3 is 2.26 bits per heavy atom. The van der Waals surface area contributed by atoms with Gasteiger partial charge in [-0.15, -0.1) is 11.3 Å². The Kier molecular flexibility index (Phi) is 5.08. The molecule has 1 atom stereocenters. The van der Waals surface area contributed by atoms with Crippen LogP contribution in [0.4, 0.5) is 8.78 Å². The molecule has 0 aliphatic carbocycles. The Morgan fingerprint density at radius 2 is 1.79 bits per heavy atom. The van der Waals surface area contributed by atoms with E-state index in [-0.39, 0.29) is 6.04 Å². The van der Waals surface area contributed by atoms with Gasteiger partial charge in [-0.2, -0.15) is 0 Å². The Labute approximate surface area is 130 Å². The van der Waals surface area contributed by atoms with Gasteiger partial charge in [0, 0.05) is 15.4 Å². The van der Waals surface area contributed by atoms with Gasteiger partial charge in [0.15, 0.2) is 0 Å². The topological polar surface area (TPSA) is 38.0 Å². The van der Waals surface area contributed by atoms with Crippen molar-refractivity contribution in [1.29, 1.82) is 0 Å². The zero-order valence-electron chi connectivity index (χ0n) is 9.59. The number of hydrazine groups is 1. The number of nitrogens with one attached hydrogen (secondary N) is 1. The van der Waals surface area contributed by atoms with Gasteiger partial charge in [0.2, 0.25) is 0 Å². The van der Waals surface area contributed by atoms with Crippen LogP contribution in [0.3, 0.4) is 0 Å². The highest BCUT2D eigenvalue weighted by molar-refractivity contribution is 9.13. The molecule has 0 bridgehead atoms. The van der Waals surface area contributed by atoms with Crippen LogP contribution in [0.5, 0.6) is 0 Å². The van der Waals surface area contributed by atoms with E-state index in [2.05, 4.69) is 37.3 Å². The molecule has 0 saturated carbocycles. The predicted molar refractivity (Wildman–Crippen MR) is 79.8 cm³/mol. The van der Waals surface area contributed by atoms with Gasteiger partial charge in [-0.1, -0.05) is 0 Å². The second-order valence-corrected chi connectivity index (χ2v) is 7.23. The molecule has 0 aliphatic heterocycles. The van der Waals surface area contributed by atoms with E-state index in [4.69, 9.17) is 5.84 Å². The molecular weight excluding hydrogens is 402 g/mol. The second-order valence-electron chi connectivity index (χ2n) is 3.97. The van der Waals surface area contributed by atoms with Crippen molar-refractivity contribution in [3.05, 3.63) is 54.6 Å². The molecule has 2 aromatic rings. The monoisotopic (exact) mass is 410 g/mol. The van der Waals surface area contributed by atoms with Crippen molar-refractivity contribution >= 4 is 43.2 Å². The molecule has 0 aliphatic rings. The first-order valence-electron chi connectivity index (χ1n) is 5.35. The number of nitrogens with two attached hydrogens (primary N) is 1. The maximum Gasteiger partial charge on any atom is 0.126 e. The lowest BCUT2D eigenvalue weighted by Crippen LogP contribution is -2.29. The molecule has 1 unspecified atom stereocenters. The summed E-state index contributed by atoms with van der Waals surface area (Å²) in [7, 11) is 0. The van der Waals surface area contributed by atoms with E-state index < -0.39 is 11.6 Å². The van der Waals surface area contributed by atoms with Crippen molar-refractivity contribution in [2.75, 3.05) is 0 Å². The third kappa shape index (κ3) is 3.82. The van der Waals surface area contributed by atoms with Crippen molar-refractivity contribution in [3.8, 4) is 0 Å². The number of halogens is 4. The van der Waals surface area contributed by atoms with Crippen LogP contribution in [-0.4, -0.2) is 0 Å². The molecule has 0 amide bonds. The van der Waals surface area contributed by atoms with E-state index >= 15 is 0 Å². The van der Waals surface area contributed by atoms with Gasteiger partial charge in [0.05, 0.1) is 9.83 Å². The molecule has 19 heavy (non-hydrogen) atoms. The zero-order valence-corrected chi connectivity index (χ0v) is 13.6. The van der Waals surface area contributed by atoms with Crippen molar-refractivity contribution < 1.29 is 8.78 Å². The lowest BCUT2D eigenvalue weighted by molar-refractivity contribution is 0.546. The van der Waals surface area contributed by atoms with Gasteiger partial charge >= 0.3 is 0 Å². The van der Waals surface area contributed by atoms with Crippen LogP contribution in [0.25, 0.3) is 0 Å². The molecule has 1 heterocycles. The molecule has 0 radical (unpaired) electrons. The Balaban J connectivity index is 2.23. The fourth-order valence-electron chi connectivity index (χ4n) is 1.74. The lowest BCUT2D eigenvalue weighted by atomic mass is 10.0. The fraction of sp³-hybridized carbons (Fsp3) is 0.167. The normalized spacial score (nSPS) is 12.7. The highest BCUT2D eigenvalue weighted by Crippen LogP contribution is 2.36. The van der Waals surface area contributed by atoms with Crippen LogP contribution in [0.15, 0.2) is 32.5 Å². The van der Waals surface area contributed by atoms with Crippen LogP contribution < -0.4 is 11.3 Å². The minimum absolute atomic E-state index is 0.200. The Morgan fingerprint density at radius 1 is 1.16 bits per heavy atom. The first kappa shape index (κ1) is 15.1. The van der Waals surface area contributed by atoms with Gasteiger partial charge in [0.25, 0.3) is 0 Å². The van der Waals surface area contributed by atoms with E-state index in [9.17, 15) is 8.78 Å². The van der Waals surface area contributed by atoms with Gasteiger partial charge in [0.1, 0.15) is 11.6 Å². The van der Waals surface area contributed by atoms with Crippen molar-refractivity contribution in [3.63, 3.8) is 0 Å². The first-order chi connectivity index (χ1) is 8.99. The maximum atomic E-state index is 13.1. The zero-order chi connectivity index (χ0) is 14.0. The molecule has 3 N–H and O–H groups in total. The molecule has 0 spiro atoms. The second kappa shape index (κ2) is 6.41. The number of benzene rings is 1. The summed E-state index contributed by atoms with van der Waals surface area (Å²) in [6.45, 7) is 0. The minimum Gasteiger partial charge on any atom is -0.271 e. The molecule has 1 aromatic carbocycles. The van der Waals surface area contributed by atoms with E-state index in [1.165, 1.54) is 23.5 Å². The van der Waals surface area contributed by atoms with E-state index in [1.54, 1.807) is 0 Å². The largest absolute Gasteiger partial charge is 0.271 e. The average molecular weight is 412 g/mol. The van der Waals surface area contributed by atoms with Crippen LogP contribution in [0, 0.1) is 11.6 Å². The molecular formula is C12H10Br2F2N2S. The predicted octanol–water partition coefficient (Wildman–Crippen LogP) is 4.30. The van der Waals surface area contributed by atoms with Gasteiger partial charge < -0.3 is 0 Å². The van der Waals surface area contributed by atoms with Gasteiger partial charge in [-0.3, -0.25) is 11.3 Å². The summed E-state index contributed by atoms with van der Waals surface area (Å²) >= 11 is 8.32. The molecule has 7 heteroatoms.